The van der Waals surface area contributed by atoms with Crippen molar-refractivity contribution >= 4 is 5.57 Å². The maximum Gasteiger partial charge on any atom is 0.134 e. The first kappa shape index (κ1) is 9.71. The van der Waals surface area contributed by atoms with E-state index in [1.54, 1.807) is 5.57 Å². The molecule has 0 aromatic heterocycles. The molecule has 0 amide bonds. The lowest BCUT2D eigenvalue weighted by Crippen LogP contribution is -2.22. The summed E-state index contributed by atoms with van der Waals surface area (Å²) in [6, 6.07) is 8.29. The van der Waals surface area contributed by atoms with Crippen LogP contribution in [0.1, 0.15) is 32.8 Å². The van der Waals surface area contributed by atoms with E-state index in [1.807, 2.05) is 18.4 Å². The quantitative estimate of drug-likeness (QED) is 0.627. The van der Waals surface area contributed by atoms with Crippen LogP contribution in [-0.4, -0.2) is 0 Å². The Hall–Kier alpha value is -1.50. The molecule has 1 nitrogen and oxygen atoms in total. The van der Waals surface area contributed by atoms with Crippen molar-refractivity contribution in [1.82, 2.24) is 0 Å². The normalized spacial score (nSPS) is 18.1. The molecule has 0 spiro atoms. The summed E-state index contributed by atoms with van der Waals surface area (Å²) < 4.78 is 5.62. The van der Waals surface area contributed by atoms with E-state index in [2.05, 4.69) is 32.9 Å². The van der Waals surface area contributed by atoms with Crippen molar-refractivity contribution in [2.75, 3.05) is 0 Å². The molecule has 0 fully saturated rings. The molecule has 1 heteroatoms. The van der Waals surface area contributed by atoms with Gasteiger partial charge in [0.2, 0.25) is 0 Å². The largest absolute Gasteiger partial charge is 0.464 e. The average molecular weight is 212 g/mol. The van der Waals surface area contributed by atoms with Gasteiger partial charge in [0.25, 0.3) is 0 Å². The van der Waals surface area contributed by atoms with E-state index < -0.39 is 0 Å². The van der Waals surface area contributed by atoms with Gasteiger partial charge in [0, 0.05) is 5.56 Å². The maximum atomic E-state index is 5.62. The Morgan fingerprint density at radius 3 is 2.62 bits per heavy atom. The third kappa shape index (κ3) is 1.24. The molecule has 0 N–H and O–H groups in total. The predicted molar refractivity (Wildman–Crippen MR) is 66.1 cm³/mol. The van der Waals surface area contributed by atoms with Gasteiger partial charge < -0.3 is 4.74 Å². The monoisotopic (exact) mass is 212 g/mol. The lowest BCUT2D eigenvalue weighted by molar-refractivity contribution is 0.446. The van der Waals surface area contributed by atoms with Gasteiger partial charge in [0.15, 0.2) is 0 Å². The molecule has 1 aromatic rings. The fraction of sp³-hybridized carbons (Fsp3) is 0.333. The molecule has 16 heavy (non-hydrogen) atoms. The Kier molecular flexibility index (Phi) is 1.82. The fourth-order valence-corrected chi connectivity index (χ4v) is 2.44. The highest BCUT2D eigenvalue weighted by molar-refractivity contribution is 5.92. The van der Waals surface area contributed by atoms with E-state index in [0.29, 0.717) is 0 Å². The van der Waals surface area contributed by atoms with E-state index in [4.69, 9.17) is 4.74 Å². The number of hydrogen-bond acceptors (Lipinski definition) is 1. The van der Waals surface area contributed by atoms with Crippen LogP contribution in [0.5, 0.6) is 5.75 Å². The van der Waals surface area contributed by atoms with Crippen molar-refractivity contribution in [3.63, 3.8) is 0 Å². The third-order valence-corrected chi connectivity index (χ3v) is 3.38. The number of hydrogen-bond donors (Lipinski definition) is 0. The van der Waals surface area contributed by atoms with Gasteiger partial charge in [0.1, 0.15) is 5.75 Å². The van der Waals surface area contributed by atoms with E-state index >= 15 is 0 Å². The standard InChI is InChI=1S/C15H16O/c1-15(2,3)12-8-10-9-16-13-7-5-4-6-11(13)14(10)12/h4-7,9H,8H2,1-3H3. The molecule has 0 unspecified atom stereocenters. The van der Waals surface area contributed by atoms with Crippen LogP contribution in [0.2, 0.25) is 0 Å². The van der Waals surface area contributed by atoms with Crippen LogP contribution in [0, 0.1) is 5.41 Å². The number of ether oxygens (including phenoxy) is 1. The minimum atomic E-state index is 0.261. The summed E-state index contributed by atoms with van der Waals surface area (Å²) in [4.78, 5) is 0. The van der Waals surface area contributed by atoms with Crippen LogP contribution >= 0.6 is 0 Å². The van der Waals surface area contributed by atoms with Crippen LogP contribution < -0.4 is 4.74 Å². The third-order valence-electron chi connectivity index (χ3n) is 3.38. The smallest absolute Gasteiger partial charge is 0.134 e. The lowest BCUT2D eigenvalue weighted by atomic mass is 9.68. The Bertz CT molecular complexity index is 512. The van der Waals surface area contributed by atoms with Crippen molar-refractivity contribution in [3.8, 4) is 5.75 Å². The summed E-state index contributed by atoms with van der Waals surface area (Å²) in [6.45, 7) is 6.85. The first-order chi connectivity index (χ1) is 7.57. The second-order valence-electron chi connectivity index (χ2n) is 5.54. The molecular weight excluding hydrogens is 196 g/mol. The van der Waals surface area contributed by atoms with Gasteiger partial charge in [-0.3, -0.25) is 0 Å². The Balaban J connectivity index is 2.20. The molecule has 1 heterocycles. The molecule has 1 aliphatic heterocycles. The lowest BCUT2D eigenvalue weighted by Gasteiger charge is -2.38. The zero-order valence-electron chi connectivity index (χ0n) is 10.0. The predicted octanol–water partition coefficient (Wildman–Crippen LogP) is 4.17. The van der Waals surface area contributed by atoms with Crippen LogP contribution in [-0.2, 0) is 0 Å². The Morgan fingerprint density at radius 2 is 1.88 bits per heavy atom. The van der Waals surface area contributed by atoms with Gasteiger partial charge in [-0.1, -0.05) is 44.5 Å². The number of fused-ring (bicyclic) bond motifs is 3. The average Bonchev–Trinajstić information content (AvgIpc) is 2.15. The fourth-order valence-electron chi connectivity index (χ4n) is 2.44. The minimum Gasteiger partial charge on any atom is -0.464 e. The number of benzene rings is 1. The first-order valence-corrected chi connectivity index (χ1v) is 5.76. The van der Waals surface area contributed by atoms with E-state index in [-0.39, 0.29) is 5.41 Å². The molecular formula is C15H16O. The minimum absolute atomic E-state index is 0.261. The van der Waals surface area contributed by atoms with Crippen molar-refractivity contribution in [1.29, 1.82) is 0 Å². The second kappa shape index (κ2) is 3.00. The first-order valence-electron chi connectivity index (χ1n) is 5.76. The Labute approximate surface area is 96.4 Å². The highest BCUT2D eigenvalue weighted by Gasteiger charge is 2.35. The molecule has 0 saturated heterocycles. The summed E-state index contributed by atoms with van der Waals surface area (Å²) in [7, 11) is 0. The van der Waals surface area contributed by atoms with E-state index in [9.17, 15) is 0 Å². The van der Waals surface area contributed by atoms with Gasteiger partial charge in [0.05, 0.1) is 6.26 Å². The second-order valence-corrected chi connectivity index (χ2v) is 5.54. The van der Waals surface area contributed by atoms with Crippen LogP contribution in [0.4, 0.5) is 0 Å². The van der Waals surface area contributed by atoms with Gasteiger partial charge in [-0.05, 0) is 29.0 Å². The molecule has 0 saturated carbocycles. The van der Waals surface area contributed by atoms with Crippen molar-refractivity contribution < 1.29 is 4.74 Å². The summed E-state index contributed by atoms with van der Waals surface area (Å²) in [5, 5.41) is 0. The molecule has 3 rings (SSSR count). The summed E-state index contributed by atoms with van der Waals surface area (Å²) >= 11 is 0. The Morgan fingerprint density at radius 1 is 1.12 bits per heavy atom. The molecule has 2 aliphatic rings. The van der Waals surface area contributed by atoms with E-state index in [1.165, 1.54) is 16.7 Å². The van der Waals surface area contributed by atoms with Gasteiger partial charge in [-0.25, -0.2) is 0 Å². The zero-order valence-corrected chi connectivity index (χ0v) is 10.0. The zero-order chi connectivity index (χ0) is 11.3. The van der Waals surface area contributed by atoms with Crippen LogP contribution in [0.25, 0.3) is 5.57 Å². The van der Waals surface area contributed by atoms with Gasteiger partial charge in [-0.2, -0.15) is 0 Å². The van der Waals surface area contributed by atoms with Crippen molar-refractivity contribution in [2.45, 2.75) is 27.2 Å². The summed E-state index contributed by atoms with van der Waals surface area (Å²) in [5.41, 5.74) is 5.85. The maximum absolute atomic E-state index is 5.62. The van der Waals surface area contributed by atoms with Gasteiger partial charge >= 0.3 is 0 Å². The van der Waals surface area contributed by atoms with E-state index in [0.717, 1.165) is 12.2 Å². The number of para-hydroxylation sites is 1. The number of rotatable bonds is 0. The van der Waals surface area contributed by atoms with Crippen LogP contribution in [0.3, 0.4) is 0 Å². The summed E-state index contributed by atoms with van der Waals surface area (Å²) in [5.74, 6) is 0.989. The molecule has 1 aromatic carbocycles. The molecule has 82 valence electrons. The SMILES string of the molecule is CC(C)(C)C1=C2C(=COc3ccccc32)C1. The number of allylic oxidation sites excluding steroid dienone is 3. The van der Waals surface area contributed by atoms with Gasteiger partial charge in [-0.15, -0.1) is 0 Å². The molecule has 0 radical (unpaired) electrons. The topological polar surface area (TPSA) is 9.23 Å². The van der Waals surface area contributed by atoms with Crippen LogP contribution in [0.15, 0.2) is 41.7 Å². The van der Waals surface area contributed by atoms with Crippen molar-refractivity contribution in [3.05, 3.63) is 47.2 Å². The molecule has 1 aliphatic carbocycles. The summed E-state index contributed by atoms with van der Waals surface area (Å²) in [6.07, 6.45) is 2.99. The van der Waals surface area contributed by atoms with Crippen molar-refractivity contribution in [2.24, 2.45) is 5.41 Å². The highest BCUT2D eigenvalue weighted by Crippen LogP contribution is 2.52. The molecule has 0 bridgehead atoms. The highest BCUT2D eigenvalue weighted by atomic mass is 16.5. The molecule has 0 atom stereocenters.